The Bertz CT molecular complexity index is 1370. The summed E-state index contributed by atoms with van der Waals surface area (Å²) in [6.07, 6.45) is -14.1. The van der Waals surface area contributed by atoms with Gasteiger partial charge in [0.2, 0.25) is 18.0 Å². The molecule has 2 aliphatic rings. The second-order valence-electron chi connectivity index (χ2n) is 10.7. The number of benzene rings is 2. The summed E-state index contributed by atoms with van der Waals surface area (Å²) in [7, 11) is 0. The maximum absolute atomic E-state index is 13.8. The summed E-state index contributed by atoms with van der Waals surface area (Å²) in [6, 6.07) is 13.4. The average molecular weight is 631 g/mol. The minimum absolute atomic E-state index is 0.172. The molecule has 0 bridgehead atoms. The van der Waals surface area contributed by atoms with E-state index in [1.807, 2.05) is 0 Å². The SMILES string of the molecule is NC(=O)[C@H](CCC(F)(F)F)[C@@H](C(=O)N[C@H]1N=C(c2ccccc2)c2cccc(Cl)c2NC1=O)C1CCC(C(F)(F)F)CC1. The van der Waals surface area contributed by atoms with Crippen LogP contribution in [-0.2, 0) is 14.4 Å². The molecule has 2 aromatic carbocycles. The zero-order valence-corrected chi connectivity index (χ0v) is 23.4. The molecule has 0 saturated heterocycles. The smallest absolute Gasteiger partial charge is 0.369 e. The first kappa shape index (κ1) is 32.3. The quantitative estimate of drug-likeness (QED) is 0.311. The van der Waals surface area contributed by atoms with Crippen molar-refractivity contribution in [3.8, 4) is 0 Å². The van der Waals surface area contributed by atoms with E-state index in [4.69, 9.17) is 17.3 Å². The lowest BCUT2D eigenvalue weighted by molar-refractivity contribution is -0.185. The molecule has 1 aliphatic heterocycles. The predicted molar refractivity (Wildman–Crippen MR) is 147 cm³/mol. The summed E-state index contributed by atoms with van der Waals surface area (Å²) in [4.78, 5) is 44.0. The number of rotatable bonds is 8. The summed E-state index contributed by atoms with van der Waals surface area (Å²) in [5, 5.41) is 5.24. The number of halogens is 7. The molecule has 2 aromatic rings. The first-order chi connectivity index (χ1) is 20.2. The van der Waals surface area contributed by atoms with Crippen LogP contribution in [0.4, 0.5) is 32.0 Å². The lowest BCUT2D eigenvalue weighted by Gasteiger charge is -2.37. The number of para-hydroxylation sites is 1. The molecule has 0 radical (unpaired) electrons. The van der Waals surface area contributed by atoms with Crippen LogP contribution in [0.15, 0.2) is 53.5 Å². The first-order valence-electron chi connectivity index (χ1n) is 13.6. The van der Waals surface area contributed by atoms with Crippen LogP contribution in [0.3, 0.4) is 0 Å². The van der Waals surface area contributed by atoms with Crippen molar-refractivity contribution >= 4 is 40.7 Å². The Hall–Kier alpha value is -3.61. The summed E-state index contributed by atoms with van der Waals surface area (Å²) < 4.78 is 79.4. The van der Waals surface area contributed by atoms with Crippen molar-refractivity contribution in [2.24, 2.45) is 34.4 Å². The second-order valence-corrected chi connectivity index (χ2v) is 11.2. The van der Waals surface area contributed by atoms with Gasteiger partial charge in [-0.2, -0.15) is 26.3 Å². The van der Waals surface area contributed by atoms with E-state index in [9.17, 15) is 40.7 Å². The van der Waals surface area contributed by atoms with E-state index in [0.29, 0.717) is 11.1 Å². The van der Waals surface area contributed by atoms with Crippen LogP contribution in [0.2, 0.25) is 5.02 Å². The first-order valence-corrected chi connectivity index (χ1v) is 14.0. The minimum atomic E-state index is -4.68. The fraction of sp³-hybridized carbons (Fsp3) is 0.448. The normalized spacial score (nSPS) is 22.3. The number of nitrogens with one attached hydrogen (secondary N) is 2. The van der Waals surface area contributed by atoms with Crippen LogP contribution in [0.25, 0.3) is 0 Å². The van der Waals surface area contributed by atoms with Gasteiger partial charge >= 0.3 is 12.4 Å². The predicted octanol–water partition coefficient (Wildman–Crippen LogP) is 6.00. The van der Waals surface area contributed by atoms with Gasteiger partial charge in [-0.15, -0.1) is 0 Å². The molecule has 1 saturated carbocycles. The number of carbonyl (C=O) groups is 3. The Morgan fingerprint density at radius 3 is 2.23 bits per heavy atom. The Morgan fingerprint density at radius 1 is 1.00 bits per heavy atom. The van der Waals surface area contributed by atoms with Gasteiger partial charge in [0.1, 0.15) is 0 Å². The zero-order valence-electron chi connectivity index (χ0n) is 22.6. The molecule has 0 spiro atoms. The van der Waals surface area contributed by atoms with Crippen LogP contribution in [0.5, 0.6) is 0 Å². The number of fused-ring (bicyclic) bond motifs is 1. The van der Waals surface area contributed by atoms with E-state index in [2.05, 4.69) is 15.6 Å². The Morgan fingerprint density at radius 2 is 1.65 bits per heavy atom. The standard InChI is InChI=1S/C29H29ClF6N4O3/c30-20-8-4-7-19-22(16-5-2-1-3-6-16)38-25(27(43)39-23(19)20)40-26(42)21(18(24(37)41)13-14-28(31,32)33)15-9-11-17(12-10-15)29(34,35)36/h1-8,15,17-18,21,25H,9-14H2,(H2,37,41)(H,39,43)(H,40,42)/t15?,17?,18-,21+,25-/m1/s1. The molecule has 1 fully saturated rings. The third-order valence-corrected chi connectivity index (χ3v) is 8.25. The number of benzodiazepines with no additional fused rings is 1. The highest BCUT2D eigenvalue weighted by Crippen LogP contribution is 2.44. The van der Waals surface area contributed by atoms with E-state index >= 15 is 0 Å². The lowest BCUT2D eigenvalue weighted by Crippen LogP contribution is -2.50. The fourth-order valence-corrected chi connectivity index (χ4v) is 6.02. The van der Waals surface area contributed by atoms with Gasteiger partial charge in [-0.25, -0.2) is 4.99 Å². The minimum Gasteiger partial charge on any atom is -0.369 e. The van der Waals surface area contributed by atoms with Crippen molar-refractivity contribution in [2.45, 2.75) is 57.0 Å². The van der Waals surface area contributed by atoms with Gasteiger partial charge in [0.05, 0.1) is 28.3 Å². The molecule has 14 heteroatoms. The Balaban J connectivity index is 1.69. The molecule has 3 amide bonds. The van der Waals surface area contributed by atoms with Crippen LogP contribution in [-0.4, -0.2) is 42.0 Å². The van der Waals surface area contributed by atoms with Crippen molar-refractivity contribution in [2.75, 3.05) is 5.32 Å². The van der Waals surface area contributed by atoms with Crippen LogP contribution >= 0.6 is 11.6 Å². The molecule has 7 nitrogen and oxygen atoms in total. The molecular weight excluding hydrogens is 602 g/mol. The number of hydrogen-bond acceptors (Lipinski definition) is 4. The number of aliphatic imine (C=N–C) groups is 1. The van der Waals surface area contributed by atoms with Gasteiger partial charge in [0.15, 0.2) is 0 Å². The van der Waals surface area contributed by atoms with Crippen molar-refractivity contribution in [1.82, 2.24) is 5.32 Å². The Labute approximate surface area is 248 Å². The number of anilines is 1. The second kappa shape index (κ2) is 12.9. The molecule has 3 atom stereocenters. The third kappa shape index (κ3) is 7.87. The molecule has 1 aliphatic carbocycles. The average Bonchev–Trinajstić information content (AvgIpc) is 3.07. The topological polar surface area (TPSA) is 114 Å². The highest BCUT2D eigenvalue weighted by Gasteiger charge is 2.47. The zero-order chi connectivity index (χ0) is 31.5. The number of nitrogens with zero attached hydrogens (tertiary/aromatic N) is 1. The summed E-state index contributed by atoms with van der Waals surface area (Å²) in [5.74, 6) is -8.71. The summed E-state index contributed by atoms with van der Waals surface area (Å²) in [5.41, 5.74) is 6.96. The largest absolute Gasteiger partial charge is 0.391 e. The van der Waals surface area contributed by atoms with Gasteiger partial charge in [-0.3, -0.25) is 14.4 Å². The van der Waals surface area contributed by atoms with Gasteiger partial charge < -0.3 is 16.4 Å². The number of alkyl halides is 6. The lowest BCUT2D eigenvalue weighted by atomic mass is 9.69. The van der Waals surface area contributed by atoms with E-state index < -0.39 is 72.8 Å². The molecule has 4 N–H and O–H groups in total. The number of nitrogens with two attached hydrogens (primary N) is 1. The van der Waals surface area contributed by atoms with Crippen LogP contribution < -0.4 is 16.4 Å². The summed E-state index contributed by atoms with van der Waals surface area (Å²) >= 11 is 6.35. The molecular formula is C29H29ClF6N4O3. The van der Waals surface area contributed by atoms with Gasteiger partial charge in [-0.05, 0) is 44.1 Å². The van der Waals surface area contributed by atoms with Gasteiger partial charge in [-0.1, -0.05) is 54.1 Å². The van der Waals surface area contributed by atoms with Crippen LogP contribution in [0, 0.1) is 23.7 Å². The molecule has 0 aromatic heterocycles. The van der Waals surface area contributed by atoms with E-state index in [0.717, 1.165) is 0 Å². The van der Waals surface area contributed by atoms with Crippen molar-refractivity contribution in [3.63, 3.8) is 0 Å². The van der Waals surface area contributed by atoms with Gasteiger partial charge in [0, 0.05) is 23.5 Å². The number of primary amides is 1. The molecule has 0 unspecified atom stereocenters. The maximum atomic E-state index is 13.8. The highest BCUT2D eigenvalue weighted by atomic mass is 35.5. The highest BCUT2D eigenvalue weighted by molar-refractivity contribution is 6.36. The fourth-order valence-electron chi connectivity index (χ4n) is 5.80. The molecule has 43 heavy (non-hydrogen) atoms. The van der Waals surface area contributed by atoms with Crippen molar-refractivity contribution in [3.05, 3.63) is 64.7 Å². The molecule has 4 rings (SSSR count). The number of hydrogen-bond donors (Lipinski definition) is 3. The van der Waals surface area contributed by atoms with Crippen LogP contribution in [0.1, 0.15) is 49.7 Å². The monoisotopic (exact) mass is 630 g/mol. The number of carbonyl (C=O) groups excluding carboxylic acids is 3. The van der Waals surface area contributed by atoms with Crippen molar-refractivity contribution < 1.29 is 40.7 Å². The molecule has 1 heterocycles. The van der Waals surface area contributed by atoms with E-state index in [1.54, 1.807) is 42.5 Å². The Kier molecular flexibility index (Phi) is 9.73. The van der Waals surface area contributed by atoms with E-state index in [1.165, 1.54) is 6.07 Å². The summed E-state index contributed by atoms with van der Waals surface area (Å²) in [6.45, 7) is 0. The van der Waals surface area contributed by atoms with Crippen molar-refractivity contribution in [1.29, 1.82) is 0 Å². The maximum Gasteiger partial charge on any atom is 0.391 e. The third-order valence-electron chi connectivity index (χ3n) is 7.93. The van der Waals surface area contributed by atoms with E-state index in [-0.39, 0.29) is 42.1 Å². The number of amides is 3. The van der Waals surface area contributed by atoms with Gasteiger partial charge in [0.25, 0.3) is 5.91 Å². The molecule has 232 valence electrons.